The van der Waals surface area contributed by atoms with Crippen LogP contribution < -0.4 is 5.32 Å². The van der Waals surface area contributed by atoms with Crippen molar-refractivity contribution in [1.82, 2.24) is 5.32 Å². The summed E-state index contributed by atoms with van der Waals surface area (Å²) < 4.78 is 99.5. The van der Waals surface area contributed by atoms with Gasteiger partial charge in [0.25, 0.3) is 0 Å². The van der Waals surface area contributed by atoms with Crippen molar-refractivity contribution in [2.45, 2.75) is 451 Å². The number of allylic oxidation sites excluding steroid dienone is 2. The second kappa shape index (κ2) is 44.7. The lowest BCUT2D eigenvalue weighted by Gasteiger charge is -2.71. The molecule has 8 aliphatic heterocycles. The fourth-order valence-corrected chi connectivity index (χ4v) is 24.8. The van der Waals surface area contributed by atoms with Crippen molar-refractivity contribution in [2.24, 2.45) is 68.0 Å². The van der Waals surface area contributed by atoms with Crippen molar-refractivity contribution in [1.29, 1.82) is 0 Å². The number of fused-ring (bicyclic) bond motifs is 7. The summed E-state index contributed by atoms with van der Waals surface area (Å²) in [4.78, 5) is 60.4. The quantitative estimate of drug-likeness (QED) is 0.0125. The van der Waals surface area contributed by atoms with E-state index in [1.165, 1.54) is 13.8 Å². The molecule has 5 aliphatic carbocycles. The number of carbonyl (C=O) groups excluding carboxylic acids is 4. The molecule has 787 valence electrons. The van der Waals surface area contributed by atoms with E-state index in [1.54, 1.807) is 13.8 Å². The van der Waals surface area contributed by atoms with Gasteiger partial charge >= 0.3 is 5.97 Å². The fraction of sp³-hybridized carbons (Fsp3) is 0.926. The third-order valence-electron chi connectivity index (χ3n) is 33.9. The van der Waals surface area contributed by atoms with Gasteiger partial charge in [-0.2, -0.15) is 0 Å². The Kier molecular flexibility index (Phi) is 36.1. The Bertz CT molecular complexity index is 3990. The minimum Gasteiger partial charge on any atom is -0.432 e. The summed E-state index contributed by atoms with van der Waals surface area (Å²) in [6.45, 7) is 22.2. The summed E-state index contributed by atoms with van der Waals surface area (Å²) >= 11 is 0. The van der Waals surface area contributed by atoms with Gasteiger partial charge in [0.05, 0.1) is 93.1 Å². The average molecular weight is 1970 g/mol. The Morgan fingerprint density at radius 2 is 1.04 bits per heavy atom. The van der Waals surface area contributed by atoms with Gasteiger partial charge < -0.3 is 198 Å². The molecule has 4 saturated carbocycles. The van der Waals surface area contributed by atoms with Crippen LogP contribution in [-0.4, -0.2) is 414 Å². The molecule has 23 N–H and O–H groups in total. The molecule has 8 heterocycles. The summed E-state index contributed by atoms with van der Waals surface area (Å²) in [6.07, 6.45) is -61.9. The molecule has 12 fully saturated rings. The monoisotopic (exact) mass is 1970 g/mol. The van der Waals surface area contributed by atoms with Crippen LogP contribution in [0.4, 0.5) is 0 Å². The number of aliphatic hydroxyl groups is 22. The molecule has 0 spiro atoms. The van der Waals surface area contributed by atoms with E-state index in [-0.39, 0.29) is 74.9 Å². The first-order valence-corrected chi connectivity index (χ1v) is 49.0. The maximum Gasteiger partial charge on any atom is 0.317 e. The Labute approximate surface area is 796 Å². The zero-order chi connectivity index (χ0) is 100. The van der Waals surface area contributed by atoms with Crippen LogP contribution in [0.5, 0.6) is 0 Å². The molecule has 0 aromatic carbocycles. The fourth-order valence-electron chi connectivity index (χ4n) is 24.8. The number of ketones is 1. The number of Topliss-reactive ketones (excluding diaryl/α,β-unsaturated/α-hetero) is 1. The number of carbonyl (C=O) groups is 4. The number of rotatable bonds is 35. The summed E-state index contributed by atoms with van der Waals surface area (Å²) in [7, 11) is 0. The standard InChI is InChI=1S/C94H154NO42/c1-14-38(4)42(25-43(99)27-45(101)28-52(39(5)15-2)128-84-71(117)64(110)51(16-3)127-84)26-44(100)29-59(106)95-60-53(32-96)129-87(79(77(60)134-82-72(118)66(112)61(107)40(6)125-82)136-83-74(120)68(114)75(41(7)126-83)132-80-69(115)62(108)48(102)34-122-80)137-88(121)94-24-23-89(8,9)30-47(94)46-17-18-56-90(10)21-20-58(91(11,37-98)55(90)19-22-92(56,12)93(46,13)31-57(94)105)131-86-78(135-85-73(119)67(113)65(111)54(33-97)130-85)76(50(104)36-124-86)133-81-70(116)63(109)49(103)35-123-81/h17,36-42,44-45,47-58,60-87,96-97,100-105,107-120H,14-16,18-35H2,1-13H3,(H,95,106)/t38-,39-,40?,41?,42+,44+,45-,47?,48-,49+,50+,51+,52+,53?,54?,55-,56?,57?,58+,60-,61+,62?,63+,64-,65+,66-,67+,68?,69-,70?,71?,72?,73?,74+,75-,76+,77?,78?,79-,80-,81+,82+,83-,84-,85+,86+,87-,90?,91-,92+,93-,94-/m1/s1. The second-order valence-electron chi connectivity index (χ2n) is 43.1. The minimum atomic E-state index is -2.23. The smallest absolute Gasteiger partial charge is 0.317 e. The molecule has 0 aromatic heterocycles. The van der Waals surface area contributed by atoms with E-state index in [4.69, 9.17) is 75.8 Å². The van der Waals surface area contributed by atoms with Crippen molar-refractivity contribution in [3.05, 3.63) is 18.3 Å². The molecule has 1 radical (unpaired) electrons. The van der Waals surface area contributed by atoms with Crippen LogP contribution in [0.2, 0.25) is 0 Å². The van der Waals surface area contributed by atoms with Gasteiger partial charge in [-0.15, -0.1) is 0 Å². The molecule has 52 atom stereocenters. The summed E-state index contributed by atoms with van der Waals surface area (Å²) in [5.41, 5.74) is -5.39. The van der Waals surface area contributed by atoms with Gasteiger partial charge in [-0.05, 0) is 142 Å². The number of hydrogen-bond donors (Lipinski definition) is 23. The lowest BCUT2D eigenvalue weighted by molar-refractivity contribution is -0.384. The van der Waals surface area contributed by atoms with E-state index in [0.29, 0.717) is 51.4 Å². The number of aliphatic hydroxyl groups excluding tert-OH is 22. The van der Waals surface area contributed by atoms with E-state index in [0.717, 1.165) is 18.5 Å². The van der Waals surface area contributed by atoms with Crippen molar-refractivity contribution in [3.63, 3.8) is 0 Å². The first-order chi connectivity index (χ1) is 64.4. The lowest BCUT2D eigenvalue weighted by atomic mass is 9.33. The molecule has 1 amide bonds. The van der Waals surface area contributed by atoms with Gasteiger partial charge in [-0.25, -0.2) is 0 Å². The number of nitrogens with one attached hydrogen (secondary N) is 1. The third-order valence-corrected chi connectivity index (χ3v) is 33.9. The Hall–Kier alpha value is -3.46. The first kappa shape index (κ1) is 111. The first-order valence-electron chi connectivity index (χ1n) is 49.0. The Morgan fingerprint density at radius 3 is 1.64 bits per heavy atom. The van der Waals surface area contributed by atoms with Gasteiger partial charge in [-0.1, -0.05) is 101 Å². The van der Waals surface area contributed by atoms with Gasteiger partial charge in [0.15, 0.2) is 50.1 Å². The number of esters is 1. The SMILES string of the molecule is CC[C@@H](C)[C@@H](CC(=O)C[C@@H](O)C[C@H](O[C@H]1O[C@@H](CC)[C@@H](O)C1O)[C@H](C)CC)C[C@H](O)CC(=O)N[C@@H]1C(CO)O[C@H](OC(=O)[C@]23CCC(C)(C)CC2C2=CCC4C5(C)CC[C@H](O[C@@H]6O[CH][C@H](O)[C@H](O[C@@H]7OC[C@H](O)[C@H](O)C7O)C6O[C@@H]6OC(CO)[C@H](O)[C@H](O)C6O)[C@](C)(C=O)[C@@H]5CC[C@]4(C)[C@]2(C)CC3O)[C@H](O[C@H]2OC(C)[C@@H](O[C@H]3OC[C@@H](O)C(O)[C@H]3O)C(O)[C@@H]2O)C1O[C@@H]1OC(C)[C@H](O)[C@@H](O)C1O. The predicted octanol–water partition coefficient (Wildman–Crippen LogP) is -3.96. The van der Waals surface area contributed by atoms with Crippen molar-refractivity contribution < 1.29 is 207 Å². The topological polar surface area (TPSA) is 673 Å². The molecule has 43 nitrogen and oxygen atoms in total. The minimum absolute atomic E-state index is 0.0189. The zero-order valence-electron chi connectivity index (χ0n) is 80.2. The molecular formula is C94H154NO42. The van der Waals surface area contributed by atoms with Gasteiger partial charge in [0, 0.05) is 19.3 Å². The second-order valence-corrected chi connectivity index (χ2v) is 43.1. The molecule has 0 aromatic rings. The summed E-state index contributed by atoms with van der Waals surface area (Å²) in [5.74, 6) is -5.04. The maximum absolute atomic E-state index is 16.8. The molecule has 0 bridgehead atoms. The van der Waals surface area contributed by atoms with Crippen LogP contribution in [0.25, 0.3) is 0 Å². The zero-order valence-corrected chi connectivity index (χ0v) is 80.2. The number of aldehydes is 1. The van der Waals surface area contributed by atoms with Gasteiger partial charge in [0.1, 0.15) is 164 Å². The molecular weight excluding hydrogens is 1810 g/mol. The molecule has 43 heteroatoms. The largest absolute Gasteiger partial charge is 0.432 e. The van der Waals surface area contributed by atoms with Crippen LogP contribution in [0.3, 0.4) is 0 Å². The highest BCUT2D eigenvalue weighted by Crippen LogP contribution is 2.76. The van der Waals surface area contributed by atoms with E-state index in [9.17, 15) is 122 Å². The van der Waals surface area contributed by atoms with Crippen molar-refractivity contribution >= 4 is 23.9 Å². The normalized spacial score (nSPS) is 49.2. The third kappa shape index (κ3) is 21.8. The molecule has 13 rings (SSSR count). The lowest BCUT2D eigenvalue weighted by Crippen LogP contribution is -2.71. The van der Waals surface area contributed by atoms with Crippen LogP contribution in [-0.2, 0) is 95.0 Å². The number of amides is 1. The highest BCUT2D eigenvalue weighted by molar-refractivity contribution is 5.80. The highest BCUT2D eigenvalue weighted by Gasteiger charge is 2.74. The van der Waals surface area contributed by atoms with E-state index in [2.05, 4.69) is 32.2 Å². The van der Waals surface area contributed by atoms with Crippen molar-refractivity contribution in [2.75, 3.05) is 26.4 Å². The average Bonchev–Trinajstić information content (AvgIpc) is 0.700. The van der Waals surface area contributed by atoms with Crippen molar-refractivity contribution in [3.8, 4) is 0 Å². The maximum atomic E-state index is 16.8. The van der Waals surface area contributed by atoms with E-state index >= 15 is 9.59 Å². The number of hydrogen-bond acceptors (Lipinski definition) is 42. The molecule has 16 unspecified atom stereocenters. The van der Waals surface area contributed by atoms with E-state index in [1.807, 2.05) is 41.5 Å². The van der Waals surface area contributed by atoms with Crippen LogP contribution >= 0.6 is 0 Å². The predicted molar refractivity (Wildman–Crippen MR) is 465 cm³/mol. The van der Waals surface area contributed by atoms with Gasteiger partial charge in [-0.3, -0.25) is 14.4 Å². The molecule has 8 saturated heterocycles. The molecule has 137 heavy (non-hydrogen) atoms. The molecule has 13 aliphatic rings. The Morgan fingerprint density at radius 1 is 0.511 bits per heavy atom. The Balaban J connectivity index is 0.791. The van der Waals surface area contributed by atoms with Crippen LogP contribution in [0.15, 0.2) is 11.6 Å². The van der Waals surface area contributed by atoms with E-state index < -0.39 is 347 Å². The van der Waals surface area contributed by atoms with Gasteiger partial charge in [0.2, 0.25) is 12.2 Å². The highest BCUT2D eigenvalue weighted by atomic mass is 16.8. The summed E-state index contributed by atoms with van der Waals surface area (Å²) in [6, 6.07) is -1.80. The summed E-state index contributed by atoms with van der Waals surface area (Å²) in [5, 5.41) is 251. The van der Waals surface area contributed by atoms with Crippen LogP contribution in [0.1, 0.15) is 199 Å². The van der Waals surface area contributed by atoms with Crippen LogP contribution in [0, 0.1) is 74.6 Å². The number of ether oxygens (including phenoxy) is 16.